The summed E-state index contributed by atoms with van der Waals surface area (Å²) < 4.78 is 4.89. The first-order valence-corrected chi connectivity index (χ1v) is 12.6. The van der Waals surface area contributed by atoms with Gasteiger partial charge in [-0.05, 0) is 24.8 Å². The number of rotatable bonds is 10. The number of ether oxygens (including phenoxy) is 1. The quantitative estimate of drug-likeness (QED) is 0.425. The summed E-state index contributed by atoms with van der Waals surface area (Å²) in [6.07, 6.45) is -2.71. The molecule has 9 nitrogen and oxygen atoms in total. The molecule has 0 radical (unpaired) electrons. The van der Waals surface area contributed by atoms with Crippen LogP contribution < -0.4 is 5.32 Å². The van der Waals surface area contributed by atoms with Crippen LogP contribution in [0.1, 0.15) is 45.9 Å². The molecule has 190 valence electrons. The molecule has 2 heterocycles. The van der Waals surface area contributed by atoms with E-state index in [1.807, 2.05) is 50.1 Å². The van der Waals surface area contributed by atoms with Crippen LogP contribution in [0.3, 0.4) is 0 Å². The lowest BCUT2D eigenvalue weighted by Crippen LogP contribution is -2.55. The number of hydrogen-bond donors (Lipinski definition) is 3. The fourth-order valence-corrected chi connectivity index (χ4v) is 3.72. The van der Waals surface area contributed by atoms with Crippen molar-refractivity contribution in [2.45, 2.75) is 59.7 Å². The Balaban J connectivity index is 0.00000242. The third-order valence-corrected chi connectivity index (χ3v) is 5.63. The van der Waals surface area contributed by atoms with Gasteiger partial charge in [0.05, 0.1) is 13.0 Å². The van der Waals surface area contributed by atoms with Crippen molar-refractivity contribution in [1.29, 1.82) is 0 Å². The van der Waals surface area contributed by atoms with Crippen LogP contribution >= 0.6 is 11.3 Å². The highest BCUT2D eigenvalue weighted by atomic mass is 32.1. The summed E-state index contributed by atoms with van der Waals surface area (Å²) in [5.41, 5.74) is 0. The Morgan fingerprint density at radius 1 is 1.09 bits per heavy atom. The Morgan fingerprint density at radius 2 is 1.73 bits per heavy atom. The van der Waals surface area contributed by atoms with Crippen LogP contribution in [0, 0.1) is 0 Å². The molecule has 10 heteroatoms. The molecule has 2 atom stereocenters. The molecular weight excluding hydrogens is 446 g/mol. The number of piperazine rings is 1. The van der Waals surface area contributed by atoms with E-state index in [4.69, 9.17) is 4.74 Å². The molecule has 0 aromatic carbocycles. The van der Waals surface area contributed by atoms with Gasteiger partial charge in [0.1, 0.15) is 0 Å². The number of hydrogen-bond acceptors (Lipinski definition) is 8. The van der Waals surface area contributed by atoms with Crippen LogP contribution in [0.2, 0.25) is 0 Å². The van der Waals surface area contributed by atoms with Gasteiger partial charge < -0.3 is 25.2 Å². The Kier molecular flexibility index (Phi) is 17.3. The highest BCUT2D eigenvalue weighted by Gasteiger charge is 2.34. The second-order valence-electron chi connectivity index (χ2n) is 6.73. The number of aliphatic hydroxyl groups excluding tert-OH is 2. The summed E-state index contributed by atoms with van der Waals surface area (Å²) in [6.45, 7) is 12.8. The van der Waals surface area contributed by atoms with Gasteiger partial charge in [-0.2, -0.15) is 0 Å². The molecule has 0 aliphatic carbocycles. The van der Waals surface area contributed by atoms with E-state index in [0.29, 0.717) is 52.3 Å². The van der Waals surface area contributed by atoms with Gasteiger partial charge in [-0.3, -0.25) is 19.3 Å². The number of nitrogens with zero attached hydrogens (tertiary/aromatic N) is 2. The first-order chi connectivity index (χ1) is 15.9. The Bertz CT molecular complexity index is 663. The summed E-state index contributed by atoms with van der Waals surface area (Å²) in [5, 5.41) is 24.6. The minimum absolute atomic E-state index is 0.255. The van der Waals surface area contributed by atoms with E-state index in [-0.39, 0.29) is 12.4 Å². The van der Waals surface area contributed by atoms with E-state index >= 15 is 0 Å². The van der Waals surface area contributed by atoms with Crippen LogP contribution in [0.15, 0.2) is 17.5 Å². The van der Waals surface area contributed by atoms with Crippen LogP contribution in [-0.4, -0.2) is 95.9 Å². The van der Waals surface area contributed by atoms with Crippen molar-refractivity contribution in [2.75, 3.05) is 45.9 Å². The van der Waals surface area contributed by atoms with E-state index in [0.717, 1.165) is 4.88 Å². The summed E-state index contributed by atoms with van der Waals surface area (Å²) in [6, 6.07) is 3.85. The van der Waals surface area contributed by atoms with Gasteiger partial charge in [-0.15, -0.1) is 11.3 Å². The molecule has 0 bridgehead atoms. The minimum atomic E-state index is -1.81. The Morgan fingerprint density at radius 3 is 2.27 bits per heavy atom. The summed E-state index contributed by atoms with van der Waals surface area (Å²) >= 11 is 1.57. The van der Waals surface area contributed by atoms with Gasteiger partial charge >= 0.3 is 5.97 Å². The summed E-state index contributed by atoms with van der Waals surface area (Å²) in [7, 11) is 0. The lowest BCUT2D eigenvalue weighted by atomic mass is 10.1. The van der Waals surface area contributed by atoms with E-state index in [1.54, 1.807) is 18.3 Å². The highest BCUT2D eigenvalue weighted by molar-refractivity contribution is 7.09. The van der Waals surface area contributed by atoms with Gasteiger partial charge in [0.2, 0.25) is 0 Å². The molecule has 1 aliphatic rings. The lowest BCUT2D eigenvalue weighted by molar-refractivity contribution is -0.154. The maximum absolute atomic E-state index is 12.4. The van der Waals surface area contributed by atoms with Gasteiger partial charge in [0.15, 0.2) is 12.2 Å². The first-order valence-electron chi connectivity index (χ1n) is 11.7. The van der Waals surface area contributed by atoms with E-state index in [9.17, 15) is 24.6 Å². The predicted octanol–water partition coefficient (Wildman–Crippen LogP) is 1.28. The largest absolute Gasteiger partial charge is 0.466 e. The fraction of sp³-hybridized carbons (Fsp3) is 0.696. The van der Waals surface area contributed by atoms with Crippen molar-refractivity contribution in [3.05, 3.63) is 22.4 Å². The van der Waals surface area contributed by atoms with Gasteiger partial charge in [-0.1, -0.05) is 33.8 Å². The molecule has 3 N–H and O–H groups in total. The average molecular weight is 488 g/mol. The minimum Gasteiger partial charge on any atom is -0.466 e. The van der Waals surface area contributed by atoms with Gasteiger partial charge in [0, 0.05) is 44.1 Å². The molecule has 33 heavy (non-hydrogen) atoms. The number of aliphatic hydroxyl groups is 2. The Labute approximate surface area is 201 Å². The van der Waals surface area contributed by atoms with Crippen molar-refractivity contribution < 1.29 is 29.3 Å². The molecule has 1 aromatic heterocycles. The van der Waals surface area contributed by atoms with Crippen LogP contribution in [0.25, 0.3) is 0 Å². The van der Waals surface area contributed by atoms with Crippen molar-refractivity contribution >= 4 is 29.1 Å². The average Bonchev–Trinajstić information content (AvgIpc) is 3.38. The number of thiophene rings is 1. The number of amides is 2. The smallest absolute Gasteiger partial charge is 0.307 e. The second kappa shape index (κ2) is 18.4. The maximum Gasteiger partial charge on any atom is 0.307 e. The molecule has 1 fully saturated rings. The molecule has 1 aromatic rings. The normalized spacial score (nSPS) is 15.2. The zero-order valence-electron chi connectivity index (χ0n) is 20.6. The summed E-state index contributed by atoms with van der Waals surface area (Å²) in [5.74, 6) is -1.69. The molecule has 2 unspecified atom stereocenters. The van der Waals surface area contributed by atoms with Gasteiger partial charge in [-0.25, -0.2) is 0 Å². The predicted molar refractivity (Wildman–Crippen MR) is 130 cm³/mol. The molecular formula is C23H41N3O6S. The fourth-order valence-electron chi connectivity index (χ4n) is 3.01. The first kappa shape index (κ1) is 31.0. The highest BCUT2D eigenvalue weighted by Crippen LogP contribution is 2.09. The third kappa shape index (κ3) is 11.6. The SMILES string of the molecule is CC.CC.CCOC(=O)CCN1CCN(C(=O)C(O)C(O)C(=O)NCCc2cccs2)CC1. The van der Waals surface area contributed by atoms with E-state index < -0.39 is 24.0 Å². The second-order valence-corrected chi connectivity index (χ2v) is 7.76. The summed E-state index contributed by atoms with van der Waals surface area (Å²) in [4.78, 5) is 40.4. The molecule has 1 aliphatic heterocycles. The molecule has 0 saturated carbocycles. The number of esters is 1. The van der Waals surface area contributed by atoms with Crippen molar-refractivity contribution in [1.82, 2.24) is 15.1 Å². The Hall–Kier alpha value is -2.01. The zero-order chi connectivity index (χ0) is 25.2. The standard InChI is InChI=1S/C19H29N3O6S.2C2H6/c1-2-28-15(23)6-8-21-9-11-22(12-10-21)19(27)17(25)16(24)18(26)20-7-5-14-4-3-13-29-14;2*1-2/h3-4,13,16-17,24-25H,2,5-12H2,1H3,(H,20,26);2*1-2H3. The van der Waals surface area contributed by atoms with Crippen molar-refractivity contribution in [3.8, 4) is 0 Å². The monoisotopic (exact) mass is 487 g/mol. The van der Waals surface area contributed by atoms with Crippen LogP contribution in [0.4, 0.5) is 0 Å². The van der Waals surface area contributed by atoms with E-state index in [2.05, 4.69) is 5.32 Å². The lowest BCUT2D eigenvalue weighted by Gasteiger charge is -2.35. The van der Waals surface area contributed by atoms with Crippen LogP contribution in [-0.2, 0) is 25.5 Å². The van der Waals surface area contributed by atoms with E-state index in [1.165, 1.54) is 4.90 Å². The zero-order valence-corrected chi connectivity index (χ0v) is 21.4. The van der Waals surface area contributed by atoms with Crippen molar-refractivity contribution in [3.63, 3.8) is 0 Å². The molecule has 1 saturated heterocycles. The number of carbonyl (C=O) groups is 3. The van der Waals surface area contributed by atoms with Crippen LogP contribution in [0.5, 0.6) is 0 Å². The van der Waals surface area contributed by atoms with Gasteiger partial charge in [0.25, 0.3) is 11.8 Å². The molecule has 0 spiro atoms. The maximum atomic E-state index is 12.4. The molecule has 2 amide bonds. The number of nitrogens with one attached hydrogen (secondary N) is 1. The van der Waals surface area contributed by atoms with Crippen molar-refractivity contribution in [2.24, 2.45) is 0 Å². The molecule has 2 rings (SSSR count). The topological polar surface area (TPSA) is 119 Å². The third-order valence-electron chi connectivity index (χ3n) is 4.69. The number of carbonyl (C=O) groups excluding carboxylic acids is 3.